The molecule has 0 radical (unpaired) electrons. The smallest absolute Gasteiger partial charge is 0.254 e. The van der Waals surface area contributed by atoms with Gasteiger partial charge in [-0.05, 0) is 40.8 Å². The number of amides is 1. The number of hydrogen-bond donors (Lipinski definition) is 1. The highest BCUT2D eigenvalue weighted by Crippen LogP contribution is 2.37. The maximum Gasteiger partial charge on any atom is 0.254 e. The largest absolute Gasteiger partial charge is 0.348 e. The lowest BCUT2D eigenvalue weighted by Gasteiger charge is -2.08. The standard InChI is InChI=1S/C16H15N5OS/c22-15(17-9-11-5-2-1-3-6-11)14-12-7-4-8-13(12)23-16(14)21-10-18-19-20-21/h1-3,5-6,10H,4,7-9H2,(H,17,22). The Bertz CT molecular complexity index is 826. The van der Waals surface area contributed by atoms with Gasteiger partial charge in [0.25, 0.3) is 5.91 Å². The lowest BCUT2D eigenvalue weighted by Crippen LogP contribution is -2.24. The molecule has 0 bridgehead atoms. The quantitative estimate of drug-likeness (QED) is 0.798. The Morgan fingerprint density at radius 2 is 2.13 bits per heavy atom. The average Bonchev–Trinajstić information content (AvgIpc) is 3.29. The molecule has 1 aliphatic rings. The molecule has 0 saturated carbocycles. The zero-order valence-corrected chi connectivity index (χ0v) is 13.2. The van der Waals surface area contributed by atoms with Crippen LogP contribution in [0, 0.1) is 0 Å². The van der Waals surface area contributed by atoms with Gasteiger partial charge >= 0.3 is 0 Å². The summed E-state index contributed by atoms with van der Waals surface area (Å²) in [6.45, 7) is 0.513. The SMILES string of the molecule is O=C(NCc1ccccc1)c1c(-n2cnnn2)sc2c1CCC2. The minimum Gasteiger partial charge on any atom is -0.348 e. The number of fused-ring (bicyclic) bond motifs is 1. The van der Waals surface area contributed by atoms with Crippen molar-refractivity contribution in [3.8, 4) is 5.00 Å². The van der Waals surface area contributed by atoms with Gasteiger partial charge in [0.15, 0.2) is 0 Å². The Hall–Kier alpha value is -2.54. The van der Waals surface area contributed by atoms with Gasteiger partial charge in [-0.15, -0.1) is 16.4 Å². The Labute approximate surface area is 137 Å². The number of aryl methyl sites for hydroxylation is 1. The fourth-order valence-electron chi connectivity index (χ4n) is 2.91. The second kappa shape index (κ2) is 5.92. The summed E-state index contributed by atoms with van der Waals surface area (Å²) < 4.78 is 1.58. The number of tetrazole rings is 1. The molecule has 3 aromatic rings. The molecule has 6 nitrogen and oxygen atoms in total. The van der Waals surface area contributed by atoms with Crippen LogP contribution in [0.25, 0.3) is 5.00 Å². The Balaban J connectivity index is 1.63. The molecular weight excluding hydrogens is 310 g/mol. The maximum atomic E-state index is 12.8. The molecule has 1 aliphatic carbocycles. The molecule has 0 fully saturated rings. The summed E-state index contributed by atoms with van der Waals surface area (Å²) in [5.41, 5.74) is 2.97. The fraction of sp³-hybridized carbons (Fsp3) is 0.250. The van der Waals surface area contributed by atoms with E-state index in [1.807, 2.05) is 30.3 Å². The van der Waals surface area contributed by atoms with E-state index in [9.17, 15) is 4.79 Å². The van der Waals surface area contributed by atoms with Crippen LogP contribution in [0.3, 0.4) is 0 Å². The van der Waals surface area contributed by atoms with Gasteiger partial charge in [-0.2, -0.15) is 4.68 Å². The van der Waals surface area contributed by atoms with E-state index in [0.29, 0.717) is 6.54 Å². The van der Waals surface area contributed by atoms with Gasteiger partial charge in [-0.3, -0.25) is 4.79 Å². The molecule has 23 heavy (non-hydrogen) atoms. The van der Waals surface area contributed by atoms with Crippen LogP contribution in [0.5, 0.6) is 0 Å². The molecule has 7 heteroatoms. The summed E-state index contributed by atoms with van der Waals surface area (Å²) in [7, 11) is 0. The number of nitrogens with zero attached hydrogens (tertiary/aromatic N) is 4. The monoisotopic (exact) mass is 325 g/mol. The molecule has 0 aliphatic heterocycles. The number of carbonyl (C=O) groups excluding carboxylic acids is 1. The van der Waals surface area contributed by atoms with Gasteiger partial charge in [-0.1, -0.05) is 30.3 Å². The Kier molecular flexibility index (Phi) is 3.63. The lowest BCUT2D eigenvalue weighted by molar-refractivity contribution is 0.0950. The molecular formula is C16H15N5OS. The molecule has 0 atom stereocenters. The number of rotatable bonds is 4. The topological polar surface area (TPSA) is 72.7 Å². The molecule has 0 spiro atoms. The van der Waals surface area contributed by atoms with Gasteiger partial charge in [0.1, 0.15) is 11.3 Å². The minimum absolute atomic E-state index is 0.0567. The van der Waals surface area contributed by atoms with Crippen molar-refractivity contribution >= 4 is 17.2 Å². The van der Waals surface area contributed by atoms with Crippen molar-refractivity contribution in [1.82, 2.24) is 25.5 Å². The van der Waals surface area contributed by atoms with Gasteiger partial charge in [0.2, 0.25) is 0 Å². The minimum atomic E-state index is -0.0567. The predicted molar refractivity (Wildman–Crippen MR) is 86.7 cm³/mol. The van der Waals surface area contributed by atoms with E-state index in [0.717, 1.165) is 41.0 Å². The Morgan fingerprint density at radius 1 is 1.26 bits per heavy atom. The number of nitrogens with one attached hydrogen (secondary N) is 1. The first-order valence-corrected chi connectivity index (χ1v) is 8.34. The van der Waals surface area contributed by atoms with Crippen molar-refractivity contribution in [2.45, 2.75) is 25.8 Å². The molecule has 4 rings (SSSR count). The lowest BCUT2D eigenvalue weighted by atomic mass is 10.1. The van der Waals surface area contributed by atoms with E-state index in [4.69, 9.17) is 0 Å². The van der Waals surface area contributed by atoms with Crippen LogP contribution in [0.15, 0.2) is 36.7 Å². The van der Waals surface area contributed by atoms with Crippen molar-refractivity contribution in [2.75, 3.05) is 0 Å². The van der Waals surface area contributed by atoms with Gasteiger partial charge in [0.05, 0.1) is 5.56 Å². The van der Waals surface area contributed by atoms with Gasteiger partial charge < -0.3 is 5.32 Å². The van der Waals surface area contributed by atoms with Crippen molar-refractivity contribution in [2.24, 2.45) is 0 Å². The van der Waals surface area contributed by atoms with Crippen molar-refractivity contribution in [3.05, 3.63) is 58.2 Å². The van der Waals surface area contributed by atoms with Gasteiger partial charge in [0, 0.05) is 11.4 Å². The van der Waals surface area contributed by atoms with E-state index in [1.54, 1.807) is 16.0 Å². The van der Waals surface area contributed by atoms with Crippen LogP contribution in [-0.4, -0.2) is 26.1 Å². The zero-order chi connectivity index (χ0) is 15.6. The van der Waals surface area contributed by atoms with Crippen molar-refractivity contribution < 1.29 is 4.79 Å². The van der Waals surface area contributed by atoms with Gasteiger partial charge in [-0.25, -0.2) is 0 Å². The Morgan fingerprint density at radius 3 is 2.91 bits per heavy atom. The summed E-state index contributed by atoms with van der Waals surface area (Å²) >= 11 is 1.62. The number of benzene rings is 1. The normalized spacial score (nSPS) is 13.0. The van der Waals surface area contributed by atoms with E-state index in [2.05, 4.69) is 20.8 Å². The first-order valence-electron chi connectivity index (χ1n) is 7.53. The molecule has 0 saturated heterocycles. The highest BCUT2D eigenvalue weighted by molar-refractivity contribution is 7.15. The second-order valence-corrected chi connectivity index (χ2v) is 6.54. The van der Waals surface area contributed by atoms with E-state index < -0.39 is 0 Å². The molecule has 2 aromatic heterocycles. The summed E-state index contributed by atoms with van der Waals surface area (Å²) in [6.07, 6.45) is 4.62. The van der Waals surface area contributed by atoms with E-state index in [-0.39, 0.29) is 5.91 Å². The molecule has 1 amide bonds. The van der Waals surface area contributed by atoms with Crippen LogP contribution >= 0.6 is 11.3 Å². The molecule has 2 heterocycles. The third-order valence-corrected chi connectivity index (χ3v) is 5.26. The number of aromatic nitrogens is 4. The predicted octanol–water partition coefficient (Wildman–Crippen LogP) is 2.14. The molecule has 1 N–H and O–H groups in total. The number of thiophene rings is 1. The summed E-state index contributed by atoms with van der Waals surface area (Å²) in [5.74, 6) is -0.0567. The second-order valence-electron chi connectivity index (χ2n) is 5.46. The number of carbonyl (C=O) groups is 1. The van der Waals surface area contributed by atoms with Crippen molar-refractivity contribution in [3.63, 3.8) is 0 Å². The van der Waals surface area contributed by atoms with Crippen LogP contribution in [0.4, 0.5) is 0 Å². The first kappa shape index (κ1) is 14.1. The maximum absolute atomic E-state index is 12.8. The van der Waals surface area contributed by atoms with E-state index in [1.165, 1.54) is 11.2 Å². The highest BCUT2D eigenvalue weighted by atomic mass is 32.1. The van der Waals surface area contributed by atoms with Crippen LogP contribution in [0.1, 0.15) is 32.8 Å². The van der Waals surface area contributed by atoms with Crippen LogP contribution in [-0.2, 0) is 19.4 Å². The highest BCUT2D eigenvalue weighted by Gasteiger charge is 2.27. The third-order valence-electron chi connectivity index (χ3n) is 3.98. The summed E-state index contributed by atoms with van der Waals surface area (Å²) in [4.78, 5) is 14.0. The summed E-state index contributed by atoms with van der Waals surface area (Å²) in [6, 6.07) is 9.90. The summed E-state index contributed by atoms with van der Waals surface area (Å²) in [5, 5.41) is 15.1. The average molecular weight is 325 g/mol. The zero-order valence-electron chi connectivity index (χ0n) is 12.4. The molecule has 1 aromatic carbocycles. The number of hydrogen-bond acceptors (Lipinski definition) is 5. The first-order chi connectivity index (χ1) is 11.3. The van der Waals surface area contributed by atoms with Crippen LogP contribution < -0.4 is 5.32 Å². The molecule has 116 valence electrons. The van der Waals surface area contributed by atoms with Crippen molar-refractivity contribution in [1.29, 1.82) is 0 Å². The van der Waals surface area contributed by atoms with E-state index >= 15 is 0 Å². The third kappa shape index (κ3) is 2.63. The van der Waals surface area contributed by atoms with Crippen LogP contribution in [0.2, 0.25) is 0 Å². The molecule has 0 unspecified atom stereocenters. The fourth-order valence-corrected chi connectivity index (χ4v) is 4.21.